The van der Waals surface area contributed by atoms with Crippen molar-refractivity contribution in [3.63, 3.8) is 0 Å². The van der Waals surface area contributed by atoms with Crippen LogP contribution in [-0.2, 0) is 9.53 Å². The molecular formula is C8H19NO2. The number of hydrogen-bond acceptors (Lipinski definition) is 2. The summed E-state index contributed by atoms with van der Waals surface area (Å²) in [5.74, 6) is -0.245. The maximum Gasteiger partial charge on any atom is 0.217 e. The molecule has 1 rings (SSSR count). The van der Waals surface area contributed by atoms with Crippen LogP contribution >= 0.6 is 0 Å². The van der Waals surface area contributed by atoms with Gasteiger partial charge < -0.3 is 10.5 Å². The molecule has 1 aliphatic carbocycles. The van der Waals surface area contributed by atoms with E-state index in [4.69, 9.17) is 4.74 Å². The van der Waals surface area contributed by atoms with Gasteiger partial charge in [-0.25, -0.2) is 0 Å². The second-order valence-electron chi connectivity index (χ2n) is 2.61. The second-order valence-corrected chi connectivity index (χ2v) is 2.61. The molecule has 1 amide bonds. The van der Waals surface area contributed by atoms with Gasteiger partial charge in [0.25, 0.3) is 0 Å². The molecule has 3 nitrogen and oxygen atoms in total. The van der Waals surface area contributed by atoms with Crippen molar-refractivity contribution in [3.8, 4) is 0 Å². The van der Waals surface area contributed by atoms with Crippen LogP contribution in [0.3, 0.4) is 0 Å². The van der Waals surface area contributed by atoms with Gasteiger partial charge in [-0.3, -0.25) is 4.79 Å². The quantitative estimate of drug-likeness (QED) is 0.664. The van der Waals surface area contributed by atoms with Crippen LogP contribution in [0.15, 0.2) is 0 Å². The molecule has 1 fully saturated rings. The molecule has 0 aromatic rings. The molecule has 0 aromatic carbocycles. The summed E-state index contributed by atoms with van der Waals surface area (Å²) in [4.78, 5) is 9.59. The Kier molecular flexibility index (Phi) is 5.84. The minimum Gasteiger partial charge on any atom is -0.381 e. The van der Waals surface area contributed by atoms with Crippen molar-refractivity contribution < 1.29 is 11.0 Å². The number of hydrogen-bond donors (Lipinski definition) is 1. The standard InChI is InChI=1S/C5H10O.C3H7NO.H2/c1-6-5-3-2-4-5;1-2-3(4)5;/h5H,2-4H2,1H3;2H2,1H3,(H2,4,5);1H. The molecule has 0 heterocycles. The molecular weight excluding hydrogens is 142 g/mol. The Bertz CT molecular complexity index is 113. The maximum atomic E-state index is 9.59. The van der Waals surface area contributed by atoms with E-state index >= 15 is 0 Å². The molecule has 0 atom stereocenters. The summed E-state index contributed by atoms with van der Waals surface area (Å²) in [5.41, 5.74) is 4.65. The van der Waals surface area contributed by atoms with E-state index in [1.807, 2.05) is 0 Å². The molecule has 0 unspecified atom stereocenters. The molecule has 2 N–H and O–H groups in total. The Morgan fingerprint density at radius 2 is 2.18 bits per heavy atom. The van der Waals surface area contributed by atoms with Crippen LogP contribution in [0.1, 0.15) is 34.0 Å². The van der Waals surface area contributed by atoms with Crippen LogP contribution < -0.4 is 5.73 Å². The van der Waals surface area contributed by atoms with Gasteiger partial charge in [0.1, 0.15) is 0 Å². The van der Waals surface area contributed by atoms with Crippen molar-refractivity contribution in [1.29, 1.82) is 0 Å². The Hall–Kier alpha value is -0.570. The zero-order chi connectivity index (χ0) is 8.69. The van der Waals surface area contributed by atoms with E-state index in [9.17, 15) is 4.79 Å². The average Bonchev–Trinajstić information content (AvgIpc) is 1.87. The monoisotopic (exact) mass is 161 g/mol. The number of methoxy groups -OCH3 is 1. The fraction of sp³-hybridized carbons (Fsp3) is 0.875. The van der Waals surface area contributed by atoms with Gasteiger partial charge in [-0.05, 0) is 19.3 Å². The van der Waals surface area contributed by atoms with Crippen LogP contribution in [0.2, 0.25) is 0 Å². The van der Waals surface area contributed by atoms with E-state index < -0.39 is 0 Å². The van der Waals surface area contributed by atoms with Crippen molar-refractivity contribution >= 4 is 5.91 Å². The molecule has 1 saturated carbocycles. The predicted molar refractivity (Wildman–Crippen MR) is 46.2 cm³/mol. The topological polar surface area (TPSA) is 52.3 Å². The first kappa shape index (κ1) is 10.4. The van der Waals surface area contributed by atoms with Gasteiger partial charge in [0.05, 0.1) is 6.10 Å². The van der Waals surface area contributed by atoms with Crippen LogP contribution in [0, 0.1) is 0 Å². The number of rotatable bonds is 2. The van der Waals surface area contributed by atoms with Crippen LogP contribution in [0.5, 0.6) is 0 Å². The minimum atomic E-state index is -0.245. The summed E-state index contributed by atoms with van der Waals surface area (Å²) in [5, 5.41) is 0. The lowest BCUT2D eigenvalue weighted by Gasteiger charge is -2.22. The Balaban J connectivity index is 0. The highest BCUT2D eigenvalue weighted by atomic mass is 16.5. The lowest BCUT2D eigenvalue weighted by atomic mass is 9.96. The van der Waals surface area contributed by atoms with E-state index in [1.54, 1.807) is 14.0 Å². The van der Waals surface area contributed by atoms with Crippen molar-refractivity contribution in [2.75, 3.05) is 7.11 Å². The van der Waals surface area contributed by atoms with E-state index in [-0.39, 0.29) is 7.33 Å². The van der Waals surface area contributed by atoms with Crippen molar-refractivity contribution in [2.24, 2.45) is 5.73 Å². The van der Waals surface area contributed by atoms with Gasteiger partial charge in [-0.1, -0.05) is 6.92 Å². The summed E-state index contributed by atoms with van der Waals surface area (Å²) in [6.07, 6.45) is 5.01. The minimum absolute atomic E-state index is 0. The molecule has 0 radical (unpaired) electrons. The first-order valence-electron chi connectivity index (χ1n) is 4.01. The Morgan fingerprint density at radius 1 is 1.73 bits per heavy atom. The zero-order valence-electron chi connectivity index (χ0n) is 7.30. The highest BCUT2D eigenvalue weighted by Crippen LogP contribution is 2.20. The summed E-state index contributed by atoms with van der Waals surface area (Å²) in [6, 6.07) is 0. The van der Waals surface area contributed by atoms with Crippen molar-refractivity contribution in [1.82, 2.24) is 0 Å². The molecule has 68 valence electrons. The molecule has 0 spiro atoms. The summed E-state index contributed by atoms with van der Waals surface area (Å²) < 4.78 is 4.99. The predicted octanol–water partition coefficient (Wildman–Crippen LogP) is 1.31. The molecule has 0 aliphatic heterocycles. The SMILES string of the molecule is CCC(N)=O.COC1CCC1.[HH]. The number of amides is 1. The maximum absolute atomic E-state index is 9.59. The van der Waals surface area contributed by atoms with E-state index in [0.29, 0.717) is 12.5 Å². The fourth-order valence-electron chi connectivity index (χ4n) is 0.606. The normalized spacial score (nSPS) is 16.2. The van der Waals surface area contributed by atoms with E-state index in [2.05, 4.69) is 5.73 Å². The van der Waals surface area contributed by atoms with Gasteiger partial charge in [0.15, 0.2) is 0 Å². The Labute approximate surface area is 69.4 Å². The van der Waals surface area contributed by atoms with Gasteiger partial charge in [-0.2, -0.15) is 0 Å². The van der Waals surface area contributed by atoms with Gasteiger partial charge in [0, 0.05) is 15.0 Å². The second kappa shape index (κ2) is 6.16. The molecule has 0 bridgehead atoms. The first-order chi connectivity index (χ1) is 5.20. The number of nitrogens with two attached hydrogens (primary N) is 1. The third kappa shape index (κ3) is 5.85. The Morgan fingerprint density at radius 3 is 2.18 bits per heavy atom. The zero-order valence-corrected chi connectivity index (χ0v) is 7.30. The molecule has 11 heavy (non-hydrogen) atoms. The summed E-state index contributed by atoms with van der Waals surface area (Å²) in [6.45, 7) is 1.72. The molecule has 0 aromatic heterocycles. The number of carbonyl (C=O) groups is 1. The van der Waals surface area contributed by atoms with Crippen LogP contribution in [0.25, 0.3) is 0 Å². The van der Waals surface area contributed by atoms with E-state index in [1.165, 1.54) is 19.3 Å². The van der Waals surface area contributed by atoms with Crippen molar-refractivity contribution in [3.05, 3.63) is 0 Å². The van der Waals surface area contributed by atoms with Crippen molar-refractivity contribution in [2.45, 2.75) is 38.7 Å². The van der Waals surface area contributed by atoms with E-state index in [0.717, 1.165) is 0 Å². The highest BCUT2D eigenvalue weighted by molar-refractivity contribution is 5.73. The number of ether oxygens (including phenoxy) is 1. The average molecular weight is 161 g/mol. The third-order valence-corrected chi connectivity index (χ3v) is 1.73. The fourth-order valence-corrected chi connectivity index (χ4v) is 0.606. The first-order valence-corrected chi connectivity index (χ1v) is 4.01. The molecule has 3 heteroatoms. The molecule has 0 saturated heterocycles. The van der Waals surface area contributed by atoms with Gasteiger partial charge in [0.2, 0.25) is 5.91 Å². The van der Waals surface area contributed by atoms with Crippen LogP contribution in [0.4, 0.5) is 0 Å². The lowest BCUT2D eigenvalue weighted by molar-refractivity contribution is -0.117. The highest BCUT2D eigenvalue weighted by Gasteiger charge is 2.14. The van der Waals surface area contributed by atoms with Gasteiger partial charge in [-0.15, -0.1) is 0 Å². The lowest BCUT2D eigenvalue weighted by Crippen LogP contribution is -2.18. The van der Waals surface area contributed by atoms with Gasteiger partial charge >= 0.3 is 0 Å². The van der Waals surface area contributed by atoms with Crippen LogP contribution in [-0.4, -0.2) is 19.1 Å². The molecule has 1 aliphatic rings. The third-order valence-electron chi connectivity index (χ3n) is 1.73. The largest absolute Gasteiger partial charge is 0.381 e. The smallest absolute Gasteiger partial charge is 0.217 e. The summed E-state index contributed by atoms with van der Waals surface area (Å²) >= 11 is 0. The number of carbonyl (C=O) groups excluding carboxylic acids is 1. The summed E-state index contributed by atoms with van der Waals surface area (Å²) in [7, 11) is 1.78. The number of primary amides is 1.